The molecular weight excluding hydrogens is 240 g/mol. The number of hydrogen-bond donors (Lipinski definition) is 1. The number of nitrogens with one attached hydrogen (secondary N) is 1. The van der Waals surface area contributed by atoms with E-state index < -0.39 is 0 Å². The van der Waals surface area contributed by atoms with Gasteiger partial charge in [0, 0.05) is 12.2 Å². The van der Waals surface area contributed by atoms with E-state index in [2.05, 4.69) is 40.1 Å². The number of aromatic nitrogens is 1. The second kappa shape index (κ2) is 6.02. The molecule has 0 saturated heterocycles. The maximum Gasteiger partial charge on any atom is 0.129 e. The van der Waals surface area contributed by atoms with E-state index in [1.807, 2.05) is 12.1 Å². The van der Waals surface area contributed by atoms with E-state index >= 15 is 0 Å². The molecule has 1 N–H and O–H groups in total. The van der Waals surface area contributed by atoms with Gasteiger partial charge in [-0.25, -0.2) is 4.98 Å². The lowest BCUT2D eigenvalue weighted by Gasteiger charge is -2.15. The van der Waals surface area contributed by atoms with Crippen LogP contribution in [0.5, 0.6) is 0 Å². The van der Waals surface area contributed by atoms with E-state index in [9.17, 15) is 0 Å². The molecule has 0 radical (unpaired) electrons. The predicted octanol–water partition coefficient (Wildman–Crippen LogP) is 3.83. The molecule has 78 valence electrons. The molecule has 14 heavy (non-hydrogen) atoms. The molecular formula is C11H17BrN2. The quantitative estimate of drug-likeness (QED) is 0.811. The Bertz CT molecular complexity index is 276. The SMILES string of the molecule is CCCCC(C)Nc1cccnc1Br. The first kappa shape index (κ1) is 11.5. The highest BCUT2D eigenvalue weighted by Gasteiger charge is 2.04. The zero-order valence-corrected chi connectivity index (χ0v) is 10.3. The Labute approximate surface area is 94.3 Å². The monoisotopic (exact) mass is 256 g/mol. The van der Waals surface area contributed by atoms with Crippen LogP contribution in [-0.2, 0) is 0 Å². The second-order valence-corrected chi connectivity index (χ2v) is 4.28. The topological polar surface area (TPSA) is 24.9 Å². The molecule has 1 aromatic heterocycles. The van der Waals surface area contributed by atoms with Crippen molar-refractivity contribution in [3.8, 4) is 0 Å². The lowest BCUT2D eigenvalue weighted by Crippen LogP contribution is -2.15. The third kappa shape index (κ3) is 3.66. The average molecular weight is 257 g/mol. The largest absolute Gasteiger partial charge is 0.380 e. The van der Waals surface area contributed by atoms with Crippen molar-refractivity contribution < 1.29 is 0 Å². The maximum atomic E-state index is 4.17. The molecule has 2 nitrogen and oxygen atoms in total. The average Bonchev–Trinajstić information content (AvgIpc) is 2.18. The Balaban J connectivity index is 2.47. The summed E-state index contributed by atoms with van der Waals surface area (Å²) < 4.78 is 0.892. The minimum atomic E-state index is 0.510. The molecule has 1 rings (SSSR count). The Kier molecular flexibility index (Phi) is 4.94. The van der Waals surface area contributed by atoms with Crippen LogP contribution in [0.25, 0.3) is 0 Å². The summed E-state index contributed by atoms with van der Waals surface area (Å²) in [6.45, 7) is 4.42. The van der Waals surface area contributed by atoms with Gasteiger partial charge in [-0.2, -0.15) is 0 Å². The van der Waals surface area contributed by atoms with Crippen LogP contribution in [0.3, 0.4) is 0 Å². The molecule has 0 amide bonds. The zero-order chi connectivity index (χ0) is 10.4. The lowest BCUT2D eigenvalue weighted by molar-refractivity contribution is 0.644. The first-order valence-electron chi connectivity index (χ1n) is 5.11. The lowest BCUT2D eigenvalue weighted by atomic mass is 10.1. The number of hydrogen-bond acceptors (Lipinski definition) is 2. The van der Waals surface area contributed by atoms with Gasteiger partial charge in [0.1, 0.15) is 4.60 Å². The molecule has 0 aliphatic heterocycles. The molecule has 0 aliphatic rings. The van der Waals surface area contributed by atoms with Crippen LogP contribution in [0.4, 0.5) is 5.69 Å². The van der Waals surface area contributed by atoms with Gasteiger partial charge >= 0.3 is 0 Å². The first-order chi connectivity index (χ1) is 6.74. The summed E-state index contributed by atoms with van der Waals surface area (Å²) >= 11 is 3.42. The fourth-order valence-electron chi connectivity index (χ4n) is 1.34. The van der Waals surface area contributed by atoms with Crippen LogP contribution in [0.1, 0.15) is 33.1 Å². The minimum Gasteiger partial charge on any atom is -0.380 e. The van der Waals surface area contributed by atoms with Gasteiger partial charge < -0.3 is 5.32 Å². The van der Waals surface area contributed by atoms with E-state index in [0.29, 0.717) is 6.04 Å². The Morgan fingerprint density at radius 2 is 2.36 bits per heavy atom. The normalized spacial score (nSPS) is 12.5. The number of nitrogens with zero attached hydrogens (tertiary/aromatic N) is 1. The number of halogens is 1. The zero-order valence-electron chi connectivity index (χ0n) is 8.76. The second-order valence-electron chi connectivity index (χ2n) is 3.53. The smallest absolute Gasteiger partial charge is 0.129 e. The molecule has 0 saturated carbocycles. The van der Waals surface area contributed by atoms with Crippen molar-refractivity contribution in [1.29, 1.82) is 0 Å². The van der Waals surface area contributed by atoms with Gasteiger partial charge in [0.15, 0.2) is 0 Å². The molecule has 0 bridgehead atoms. The molecule has 0 aromatic carbocycles. The third-order valence-electron chi connectivity index (χ3n) is 2.15. The van der Waals surface area contributed by atoms with Crippen LogP contribution in [-0.4, -0.2) is 11.0 Å². The molecule has 0 aliphatic carbocycles. The van der Waals surface area contributed by atoms with Crippen LogP contribution in [0.2, 0.25) is 0 Å². The molecule has 3 heteroatoms. The van der Waals surface area contributed by atoms with E-state index in [1.165, 1.54) is 19.3 Å². The summed E-state index contributed by atoms with van der Waals surface area (Å²) in [4.78, 5) is 4.17. The van der Waals surface area contributed by atoms with E-state index in [-0.39, 0.29) is 0 Å². The van der Waals surface area contributed by atoms with Crippen molar-refractivity contribution in [2.45, 2.75) is 39.2 Å². The number of unbranched alkanes of at least 4 members (excludes halogenated alkanes) is 1. The van der Waals surface area contributed by atoms with Crippen LogP contribution in [0, 0.1) is 0 Å². The highest BCUT2D eigenvalue weighted by molar-refractivity contribution is 9.10. The molecule has 1 atom stereocenters. The Morgan fingerprint density at radius 1 is 1.57 bits per heavy atom. The summed E-state index contributed by atoms with van der Waals surface area (Å²) in [5, 5.41) is 3.44. The van der Waals surface area contributed by atoms with Crippen LogP contribution >= 0.6 is 15.9 Å². The van der Waals surface area contributed by atoms with Crippen molar-refractivity contribution >= 4 is 21.6 Å². The summed E-state index contributed by atoms with van der Waals surface area (Å²) in [7, 11) is 0. The van der Waals surface area contributed by atoms with Crippen LogP contribution in [0.15, 0.2) is 22.9 Å². The third-order valence-corrected chi connectivity index (χ3v) is 2.78. The maximum absolute atomic E-state index is 4.17. The fourth-order valence-corrected chi connectivity index (χ4v) is 1.71. The summed E-state index contributed by atoms with van der Waals surface area (Å²) in [6, 6.07) is 4.49. The van der Waals surface area contributed by atoms with Crippen molar-refractivity contribution in [3.63, 3.8) is 0 Å². The molecule has 1 aromatic rings. The van der Waals surface area contributed by atoms with Crippen molar-refractivity contribution in [1.82, 2.24) is 4.98 Å². The van der Waals surface area contributed by atoms with E-state index in [1.54, 1.807) is 6.20 Å². The number of anilines is 1. The first-order valence-corrected chi connectivity index (χ1v) is 5.90. The Hall–Kier alpha value is -0.570. The van der Waals surface area contributed by atoms with Crippen molar-refractivity contribution in [2.24, 2.45) is 0 Å². The Morgan fingerprint density at radius 3 is 3.00 bits per heavy atom. The highest BCUT2D eigenvalue weighted by Crippen LogP contribution is 2.20. The molecule has 0 fully saturated rings. The number of rotatable bonds is 5. The minimum absolute atomic E-state index is 0.510. The van der Waals surface area contributed by atoms with Crippen molar-refractivity contribution in [2.75, 3.05) is 5.32 Å². The summed E-state index contributed by atoms with van der Waals surface area (Å²) in [5.41, 5.74) is 1.08. The standard InChI is InChI=1S/C11H17BrN2/c1-3-4-6-9(2)14-10-7-5-8-13-11(10)12/h5,7-9,14H,3-4,6H2,1-2H3. The van der Waals surface area contributed by atoms with Gasteiger partial charge in [-0.05, 0) is 41.4 Å². The van der Waals surface area contributed by atoms with Gasteiger partial charge in [-0.3, -0.25) is 0 Å². The van der Waals surface area contributed by atoms with Crippen LogP contribution < -0.4 is 5.32 Å². The highest BCUT2D eigenvalue weighted by atomic mass is 79.9. The van der Waals surface area contributed by atoms with Gasteiger partial charge in [-0.1, -0.05) is 19.8 Å². The molecule has 0 spiro atoms. The molecule has 1 heterocycles. The van der Waals surface area contributed by atoms with Gasteiger partial charge in [0.25, 0.3) is 0 Å². The van der Waals surface area contributed by atoms with Gasteiger partial charge in [0.05, 0.1) is 5.69 Å². The fraction of sp³-hybridized carbons (Fsp3) is 0.545. The van der Waals surface area contributed by atoms with Gasteiger partial charge in [0.2, 0.25) is 0 Å². The van der Waals surface area contributed by atoms with E-state index in [0.717, 1.165) is 10.3 Å². The summed E-state index contributed by atoms with van der Waals surface area (Å²) in [6.07, 6.45) is 5.51. The molecule has 1 unspecified atom stereocenters. The van der Waals surface area contributed by atoms with E-state index in [4.69, 9.17) is 0 Å². The van der Waals surface area contributed by atoms with Crippen molar-refractivity contribution in [3.05, 3.63) is 22.9 Å². The predicted molar refractivity (Wildman–Crippen MR) is 64.5 cm³/mol. The summed E-state index contributed by atoms with van der Waals surface area (Å²) in [5.74, 6) is 0. The number of pyridine rings is 1. The van der Waals surface area contributed by atoms with Gasteiger partial charge in [-0.15, -0.1) is 0 Å².